The summed E-state index contributed by atoms with van der Waals surface area (Å²) in [6.07, 6.45) is 2.59. The molecule has 7 N–H and O–H groups in total. The molecule has 16 nitrogen and oxygen atoms in total. The van der Waals surface area contributed by atoms with Crippen molar-refractivity contribution in [1.29, 1.82) is 0 Å². The van der Waals surface area contributed by atoms with Gasteiger partial charge in [-0.05, 0) is 57.1 Å². The maximum atomic E-state index is 14.2. The number of hydrogen-bond donors (Lipinski definition) is 7. The van der Waals surface area contributed by atoms with Gasteiger partial charge in [-0.2, -0.15) is 0 Å². The van der Waals surface area contributed by atoms with E-state index in [1.165, 1.54) is 11.8 Å². The summed E-state index contributed by atoms with van der Waals surface area (Å²) in [5.74, 6) is -3.19. The van der Waals surface area contributed by atoms with E-state index in [4.69, 9.17) is 4.42 Å². The van der Waals surface area contributed by atoms with Crippen molar-refractivity contribution in [3.63, 3.8) is 0 Å². The fraction of sp³-hybridized carbons (Fsp3) is 0.553. The van der Waals surface area contributed by atoms with Gasteiger partial charge in [0.15, 0.2) is 5.89 Å². The first-order valence-electron chi connectivity index (χ1n) is 18.7. The van der Waals surface area contributed by atoms with Gasteiger partial charge in [-0.15, -0.1) is 0 Å². The Balaban J connectivity index is 1.45. The fourth-order valence-electron chi connectivity index (χ4n) is 6.99. The van der Waals surface area contributed by atoms with E-state index in [0.29, 0.717) is 30.8 Å². The highest BCUT2D eigenvalue weighted by Gasteiger charge is 2.42. The van der Waals surface area contributed by atoms with E-state index in [2.05, 4.69) is 36.6 Å². The second-order valence-electron chi connectivity index (χ2n) is 14.6. The molecule has 16 heteroatoms. The van der Waals surface area contributed by atoms with Gasteiger partial charge in [0.2, 0.25) is 35.3 Å². The molecule has 2 saturated heterocycles. The number of benzene rings is 1. The number of aromatic nitrogens is 2. The molecule has 6 amide bonds. The van der Waals surface area contributed by atoms with Gasteiger partial charge in [-0.3, -0.25) is 28.8 Å². The molecule has 4 heterocycles. The molecule has 1 aromatic carbocycles. The number of H-pyrrole nitrogens is 1. The number of rotatable bonds is 7. The Labute approximate surface area is 314 Å². The second-order valence-corrected chi connectivity index (χ2v) is 14.6. The number of para-hydroxylation sites is 1. The number of carbonyl (C=O) groups excluding carboxylic acids is 6. The van der Waals surface area contributed by atoms with Crippen molar-refractivity contribution in [3.05, 3.63) is 53.4 Å². The zero-order valence-corrected chi connectivity index (χ0v) is 31.5. The number of nitrogens with one attached hydrogen (secondary N) is 6. The van der Waals surface area contributed by atoms with Crippen LogP contribution >= 0.6 is 0 Å². The SMILES string of the molecule is CCc1nc(C)c(C(=O)N[C@H]2CCCCNC(=O)[C@@H]3C[C@@H](O)CN3C(=O)[C@@H](CC(C)C)NC(=O)[C@H](Cc3c[nH]c4ccccc34)NC(=O)[C@@H](C)NC2=O)o1. The zero-order chi connectivity index (χ0) is 39.1. The van der Waals surface area contributed by atoms with Gasteiger partial charge in [0, 0.05) is 49.5 Å². The summed E-state index contributed by atoms with van der Waals surface area (Å²) in [5, 5.41) is 25.3. The van der Waals surface area contributed by atoms with Crippen LogP contribution in [-0.2, 0) is 36.8 Å². The van der Waals surface area contributed by atoms with E-state index in [9.17, 15) is 33.9 Å². The van der Waals surface area contributed by atoms with Gasteiger partial charge < -0.3 is 46.0 Å². The quantitative estimate of drug-likeness (QED) is 0.184. The summed E-state index contributed by atoms with van der Waals surface area (Å²) in [6.45, 7) is 8.87. The highest BCUT2D eigenvalue weighted by atomic mass is 16.4. The maximum absolute atomic E-state index is 14.2. The summed E-state index contributed by atoms with van der Waals surface area (Å²) in [4.78, 5) is 91.1. The number of amides is 6. The Hall–Kier alpha value is -5.25. The number of fused-ring (bicyclic) bond motifs is 2. The number of hydrogen-bond acceptors (Lipinski definition) is 9. The summed E-state index contributed by atoms with van der Waals surface area (Å²) in [5.41, 5.74) is 1.94. The van der Waals surface area contributed by atoms with Crippen LogP contribution in [-0.4, -0.2) is 105 Å². The van der Waals surface area contributed by atoms with Gasteiger partial charge in [-0.1, -0.05) is 39.0 Å². The van der Waals surface area contributed by atoms with Crippen molar-refractivity contribution in [2.24, 2.45) is 5.92 Å². The van der Waals surface area contributed by atoms with E-state index in [0.717, 1.165) is 16.5 Å². The van der Waals surface area contributed by atoms with Crippen molar-refractivity contribution < 1.29 is 38.3 Å². The van der Waals surface area contributed by atoms with E-state index in [1.54, 1.807) is 13.1 Å². The number of carbonyl (C=O) groups is 6. The molecule has 2 aliphatic rings. The highest BCUT2D eigenvalue weighted by molar-refractivity contribution is 5.98. The van der Waals surface area contributed by atoms with Crippen molar-refractivity contribution in [2.45, 2.75) is 116 Å². The van der Waals surface area contributed by atoms with E-state index >= 15 is 0 Å². The average Bonchev–Trinajstić information content (AvgIpc) is 3.85. The molecule has 2 aliphatic heterocycles. The lowest BCUT2D eigenvalue weighted by Gasteiger charge is -2.30. The van der Waals surface area contributed by atoms with Crippen LogP contribution < -0.4 is 26.6 Å². The standard InChI is InChI=1S/C38H52N8O8/c1-6-31-41-21(4)32(54-31)37(52)43-27-13-9-10-14-39-36(51)30-17-24(47)19-46(30)38(53)29(15-20(2)3)45-35(50)28(44-33(48)22(5)42-34(27)49)16-23-18-40-26-12-8-7-11-25(23)26/h7-8,11-12,18,20,22,24,27-30,40,47H,6,9-10,13-17,19H2,1-5H3,(H,39,51)(H,42,49)(H,43,52)(H,44,48)(H,45,50)/t22-,24-,27+,28+,29-,30+/m1/s1. The van der Waals surface area contributed by atoms with Crippen LogP contribution in [0.5, 0.6) is 0 Å². The number of aryl methyl sites for hydroxylation is 2. The molecule has 2 fully saturated rings. The third-order valence-electron chi connectivity index (χ3n) is 9.86. The van der Waals surface area contributed by atoms with Crippen LogP contribution in [0.2, 0.25) is 0 Å². The van der Waals surface area contributed by atoms with E-state index in [1.807, 2.05) is 45.0 Å². The Morgan fingerprint density at radius 2 is 1.76 bits per heavy atom. The van der Waals surface area contributed by atoms with Gasteiger partial charge in [0.1, 0.15) is 30.2 Å². The molecular formula is C38H52N8O8. The monoisotopic (exact) mass is 748 g/mol. The van der Waals surface area contributed by atoms with Gasteiger partial charge in [-0.25, -0.2) is 4.98 Å². The normalized spacial score (nSPS) is 25.2. The lowest BCUT2D eigenvalue weighted by molar-refractivity contribution is -0.142. The summed E-state index contributed by atoms with van der Waals surface area (Å²) >= 11 is 0. The van der Waals surface area contributed by atoms with Crippen LogP contribution in [0.1, 0.15) is 87.5 Å². The molecule has 0 saturated carbocycles. The predicted octanol–water partition coefficient (Wildman–Crippen LogP) is 1.15. The summed E-state index contributed by atoms with van der Waals surface area (Å²) in [6, 6.07) is 2.10. The maximum Gasteiger partial charge on any atom is 0.289 e. The molecule has 54 heavy (non-hydrogen) atoms. The number of aromatic amines is 1. The second kappa shape index (κ2) is 17.7. The molecule has 0 bridgehead atoms. The van der Waals surface area contributed by atoms with Crippen LogP contribution in [0.4, 0.5) is 0 Å². The minimum atomic E-state index is -1.18. The minimum Gasteiger partial charge on any atom is -0.435 e. The first kappa shape index (κ1) is 39.9. The molecule has 0 spiro atoms. The third-order valence-corrected chi connectivity index (χ3v) is 9.86. The zero-order valence-electron chi connectivity index (χ0n) is 31.5. The summed E-state index contributed by atoms with van der Waals surface area (Å²) < 4.78 is 5.60. The topological polar surface area (TPSA) is 228 Å². The summed E-state index contributed by atoms with van der Waals surface area (Å²) in [7, 11) is 0. The van der Waals surface area contributed by atoms with Crippen molar-refractivity contribution in [1.82, 2.24) is 41.5 Å². The Morgan fingerprint density at radius 1 is 1.02 bits per heavy atom. The van der Waals surface area contributed by atoms with Crippen LogP contribution in [0.25, 0.3) is 10.9 Å². The largest absolute Gasteiger partial charge is 0.435 e. The Kier molecular flexibility index (Phi) is 13.1. The molecular weight excluding hydrogens is 696 g/mol. The van der Waals surface area contributed by atoms with E-state index < -0.39 is 71.8 Å². The average molecular weight is 749 g/mol. The number of aliphatic hydroxyl groups excluding tert-OH is 1. The lowest BCUT2D eigenvalue weighted by Crippen LogP contribution is -2.59. The molecule has 292 valence electrons. The van der Waals surface area contributed by atoms with Crippen molar-refractivity contribution in [2.75, 3.05) is 13.1 Å². The molecule has 0 radical (unpaired) electrons. The number of oxazole rings is 1. The predicted molar refractivity (Wildman–Crippen MR) is 198 cm³/mol. The first-order valence-corrected chi connectivity index (χ1v) is 18.7. The van der Waals surface area contributed by atoms with Crippen LogP contribution in [0.3, 0.4) is 0 Å². The van der Waals surface area contributed by atoms with E-state index in [-0.39, 0.29) is 50.5 Å². The van der Waals surface area contributed by atoms with Gasteiger partial charge in [0.05, 0.1) is 11.8 Å². The Bertz CT molecular complexity index is 1850. The van der Waals surface area contributed by atoms with Crippen molar-refractivity contribution >= 4 is 46.3 Å². The number of aliphatic hydroxyl groups is 1. The fourth-order valence-corrected chi connectivity index (χ4v) is 6.99. The smallest absolute Gasteiger partial charge is 0.289 e. The molecule has 6 atom stereocenters. The minimum absolute atomic E-state index is 0.0204. The molecule has 5 rings (SSSR count). The third kappa shape index (κ3) is 9.64. The Morgan fingerprint density at radius 3 is 2.48 bits per heavy atom. The van der Waals surface area contributed by atoms with Gasteiger partial charge in [0.25, 0.3) is 5.91 Å². The number of nitrogens with zero attached hydrogens (tertiary/aromatic N) is 2. The molecule has 3 aromatic rings. The first-order chi connectivity index (χ1) is 25.7. The lowest BCUT2D eigenvalue weighted by atomic mass is 10.00. The molecule has 2 aromatic heterocycles. The van der Waals surface area contributed by atoms with Crippen LogP contribution in [0, 0.1) is 12.8 Å². The molecule has 0 unspecified atom stereocenters. The van der Waals surface area contributed by atoms with Crippen molar-refractivity contribution in [3.8, 4) is 0 Å². The van der Waals surface area contributed by atoms with Crippen LogP contribution in [0.15, 0.2) is 34.9 Å². The highest BCUT2D eigenvalue weighted by Crippen LogP contribution is 2.23. The van der Waals surface area contributed by atoms with Gasteiger partial charge >= 0.3 is 0 Å². The molecule has 0 aliphatic carbocycles.